The summed E-state index contributed by atoms with van der Waals surface area (Å²) in [6.07, 6.45) is 1.80. The van der Waals surface area contributed by atoms with Gasteiger partial charge in [-0.25, -0.2) is 4.39 Å². The van der Waals surface area contributed by atoms with Gasteiger partial charge in [0.2, 0.25) is 11.8 Å². The molecule has 0 heterocycles. The molecular formula is C13H21FN4O3. The Morgan fingerprint density at radius 3 is 2.48 bits per heavy atom. The quantitative estimate of drug-likeness (QED) is 0.295. The summed E-state index contributed by atoms with van der Waals surface area (Å²) < 4.78 is 12.6. The lowest BCUT2D eigenvalue weighted by Crippen LogP contribution is -2.45. The highest BCUT2D eigenvalue weighted by Gasteiger charge is 2.14. The van der Waals surface area contributed by atoms with Crippen molar-refractivity contribution in [3.05, 3.63) is 36.5 Å². The lowest BCUT2D eigenvalue weighted by molar-refractivity contribution is -0.126. The number of allylic oxidation sites excluding steroid dienone is 2. The summed E-state index contributed by atoms with van der Waals surface area (Å²) in [5.41, 5.74) is 10.6. The van der Waals surface area contributed by atoms with Crippen LogP contribution in [-0.4, -0.2) is 36.1 Å². The zero-order valence-electron chi connectivity index (χ0n) is 11.7. The molecule has 0 fully saturated rings. The summed E-state index contributed by atoms with van der Waals surface area (Å²) in [7, 11) is 0. The van der Waals surface area contributed by atoms with Crippen molar-refractivity contribution < 1.29 is 19.1 Å². The number of carbonyl (C=O) groups is 2. The second-order valence-corrected chi connectivity index (χ2v) is 4.25. The van der Waals surface area contributed by atoms with E-state index in [1.165, 1.54) is 0 Å². The molecule has 0 aliphatic heterocycles. The SMILES string of the molecule is C=C(F)/C=C(/NC(=O)CNC(=O)[C@@H](N)CCCN)C(=C)O. The van der Waals surface area contributed by atoms with Crippen molar-refractivity contribution in [2.75, 3.05) is 13.1 Å². The molecule has 0 aromatic rings. The Balaban J connectivity index is 4.34. The number of amides is 2. The molecule has 21 heavy (non-hydrogen) atoms. The highest BCUT2D eigenvalue weighted by molar-refractivity contribution is 5.88. The van der Waals surface area contributed by atoms with Crippen LogP contribution in [0.15, 0.2) is 36.5 Å². The Kier molecular flexibility index (Phi) is 8.66. The largest absolute Gasteiger partial charge is 0.506 e. The number of hydrogen-bond donors (Lipinski definition) is 5. The molecule has 7 N–H and O–H groups in total. The van der Waals surface area contributed by atoms with Gasteiger partial charge in [0.25, 0.3) is 0 Å². The van der Waals surface area contributed by atoms with Crippen LogP contribution in [0.3, 0.4) is 0 Å². The van der Waals surface area contributed by atoms with Crippen molar-refractivity contribution >= 4 is 11.8 Å². The lowest BCUT2D eigenvalue weighted by atomic mass is 10.1. The van der Waals surface area contributed by atoms with Crippen molar-refractivity contribution in [1.29, 1.82) is 0 Å². The maximum Gasteiger partial charge on any atom is 0.243 e. The van der Waals surface area contributed by atoms with Gasteiger partial charge in [0.05, 0.1) is 18.3 Å². The topological polar surface area (TPSA) is 130 Å². The van der Waals surface area contributed by atoms with Crippen LogP contribution in [-0.2, 0) is 9.59 Å². The Labute approximate surface area is 122 Å². The average Bonchev–Trinajstić information content (AvgIpc) is 2.40. The molecule has 118 valence electrons. The van der Waals surface area contributed by atoms with Gasteiger partial charge < -0.3 is 27.2 Å². The number of hydrogen-bond acceptors (Lipinski definition) is 5. The summed E-state index contributed by atoms with van der Waals surface area (Å²) in [5, 5.41) is 13.7. The van der Waals surface area contributed by atoms with Gasteiger partial charge in [-0.2, -0.15) is 0 Å². The van der Waals surface area contributed by atoms with E-state index in [1.54, 1.807) is 0 Å². The van der Waals surface area contributed by atoms with Crippen molar-refractivity contribution in [2.24, 2.45) is 11.5 Å². The predicted molar refractivity (Wildman–Crippen MR) is 77.5 cm³/mol. The molecule has 7 nitrogen and oxygen atoms in total. The Morgan fingerprint density at radius 2 is 2.00 bits per heavy atom. The van der Waals surface area contributed by atoms with E-state index >= 15 is 0 Å². The lowest BCUT2D eigenvalue weighted by Gasteiger charge is -2.12. The normalized spacial score (nSPS) is 12.4. The molecule has 0 spiro atoms. The smallest absolute Gasteiger partial charge is 0.243 e. The number of nitrogens with two attached hydrogens (primary N) is 2. The van der Waals surface area contributed by atoms with Gasteiger partial charge in [-0.1, -0.05) is 13.2 Å². The van der Waals surface area contributed by atoms with Crippen molar-refractivity contribution in [3.63, 3.8) is 0 Å². The van der Waals surface area contributed by atoms with E-state index in [2.05, 4.69) is 23.8 Å². The number of aliphatic hydroxyl groups is 1. The van der Waals surface area contributed by atoms with E-state index in [0.717, 1.165) is 6.08 Å². The summed E-state index contributed by atoms with van der Waals surface area (Å²) in [5.74, 6) is -2.57. The van der Waals surface area contributed by atoms with E-state index in [9.17, 15) is 14.0 Å². The molecule has 0 aromatic carbocycles. The second kappa shape index (κ2) is 9.67. The minimum Gasteiger partial charge on any atom is -0.506 e. The zero-order chi connectivity index (χ0) is 16.4. The fraction of sp³-hybridized carbons (Fsp3) is 0.385. The van der Waals surface area contributed by atoms with Crippen LogP contribution in [0.25, 0.3) is 0 Å². The monoisotopic (exact) mass is 300 g/mol. The van der Waals surface area contributed by atoms with Crippen molar-refractivity contribution in [2.45, 2.75) is 18.9 Å². The first-order valence-electron chi connectivity index (χ1n) is 6.25. The maximum absolute atomic E-state index is 12.6. The first kappa shape index (κ1) is 18.8. The van der Waals surface area contributed by atoms with Crippen LogP contribution in [0.4, 0.5) is 4.39 Å². The molecule has 0 unspecified atom stereocenters. The third-order valence-corrected chi connectivity index (χ3v) is 2.37. The molecule has 8 heteroatoms. The number of carbonyl (C=O) groups excluding carboxylic acids is 2. The van der Waals surface area contributed by atoms with E-state index in [4.69, 9.17) is 16.6 Å². The molecule has 0 saturated carbocycles. The van der Waals surface area contributed by atoms with Crippen LogP contribution in [0.5, 0.6) is 0 Å². The Morgan fingerprint density at radius 1 is 1.38 bits per heavy atom. The summed E-state index contributed by atoms with van der Waals surface area (Å²) in [4.78, 5) is 23.1. The molecule has 0 rings (SSSR count). The fourth-order valence-electron chi connectivity index (χ4n) is 1.31. The Hall–Kier alpha value is -2.19. The zero-order valence-corrected chi connectivity index (χ0v) is 11.7. The number of rotatable bonds is 9. The predicted octanol–water partition coefficient (Wildman–Crippen LogP) is -0.276. The van der Waals surface area contributed by atoms with Gasteiger partial charge in [0.1, 0.15) is 11.6 Å². The van der Waals surface area contributed by atoms with E-state index in [1.807, 2.05) is 0 Å². The maximum atomic E-state index is 12.6. The third kappa shape index (κ3) is 8.56. The molecule has 0 bridgehead atoms. The molecular weight excluding hydrogens is 279 g/mol. The molecule has 0 aromatic heterocycles. The van der Waals surface area contributed by atoms with E-state index in [-0.39, 0.29) is 12.2 Å². The first-order chi connectivity index (χ1) is 9.77. The third-order valence-electron chi connectivity index (χ3n) is 2.37. The molecule has 0 radical (unpaired) electrons. The molecule has 1 atom stereocenters. The van der Waals surface area contributed by atoms with Crippen molar-refractivity contribution in [1.82, 2.24) is 10.6 Å². The number of nitrogens with one attached hydrogen (secondary N) is 2. The molecule has 0 saturated heterocycles. The van der Waals surface area contributed by atoms with Gasteiger partial charge in [-0.15, -0.1) is 0 Å². The second-order valence-electron chi connectivity index (χ2n) is 4.25. The van der Waals surface area contributed by atoms with Crippen LogP contribution in [0, 0.1) is 0 Å². The minimum atomic E-state index is -0.867. The van der Waals surface area contributed by atoms with Crippen LogP contribution in [0.1, 0.15) is 12.8 Å². The van der Waals surface area contributed by atoms with E-state index in [0.29, 0.717) is 19.4 Å². The highest BCUT2D eigenvalue weighted by Crippen LogP contribution is 2.05. The molecule has 0 aliphatic rings. The standard InChI is InChI=1S/C13H21FN4O3/c1-8(14)6-11(9(2)19)18-12(20)7-17-13(21)10(16)4-3-5-15/h6,10,19H,1-5,7,15-16H2,(H,17,21)(H,18,20)/b11-6+/t10-/m0/s1. The first-order valence-corrected chi connectivity index (χ1v) is 6.25. The van der Waals surface area contributed by atoms with Crippen LogP contribution < -0.4 is 22.1 Å². The fourth-order valence-corrected chi connectivity index (χ4v) is 1.31. The highest BCUT2D eigenvalue weighted by atomic mass is 19.1. The molecule has 2 amide bonds. The van der Waals surface area contributed by atoms with E-state index < -0.39 is 29.4 Å². The van der Waals surface area contributed by atoms with Crippen LogP contribution >= 0.6 is 0 Å². The molecule has 0 aliphatic carbocycles. The number of aliphatic hydroxyl groups excluding tert-OH is 1. The Bertz CT molecular complexity index is 449. The van der Waals surface area contributed by atoms with Gasteiger partial charge >= 0.3 is 0 Å². The van der Waals surface area contributed by atoms with Gasteiger partial charge in [-0.05, 0) is 19.4 Å². The van der Waals surface area contributed by atoms with Gasteiger partial charge in [0, 0.05) is 6.08 Å². The van der Waals surface area contributed by atoms with Crippen LogP contribution in [0.2, 0.25) is 0 Å². The average molecular weight is 300 g/mol. The summed E-state index contributed by atoms with van der Waals surface area (Å²) in [6, 6.07) is -0.755. The van der Waals surface area contributed by atoms with Gasteiger partial charge in [-0.3, -0.25) is 9.59 Å². The minimum absolute atomic E-state index is 0.242. The summed E-state index contributed by atoms with van der Waals surface area (Å²) >= 11 is 0. The number of halogens is 1. The van der Waals surface area contributed by atoms with Gasteiger partial charge in [0.15, 0.2) is 0 Å². The van der Waals surface area contributed by atoms with Crippen molar-refractivity contribution in [3.8, 4) is 0 Å². The summed E-state index contributed by atoms with van der Waals surface area (Å²) in [6.45, 7) is 6.17.